The smallest absolute Gasteiger partial charge is 0.161 e. The number of methoxy groups -OCH3 is 2. The molecule has 1 aromatic heterocycles. The van der Waals surface area contributed by atoms with Crippen LogP contribution < -0.4 is 9.47 Å². The van der Waals surface area contributed by atoms with Gasteiger partial charge in [-0.1, -0.05) is 18.2 Å². The van der Waals surface area contributed by atoms with Gasteiger partial charge >= 0.3 is 0 Å². The van der Waals surface area contributed by atoms with Gasteiger partial charge in [-0.25, -0.2) is 0 Å². The fraction of sp³-hybridized carbons (Fsp3) is 0.364. The van der Waals surface area contributed by atoms with Gasteiger partial charge in [0, 0.05) is 29.7 Å². The van der Waals surface area contributed by atoms with E-state index in [1.165, 1.54) is 27.6 Å². The molecular weight excluding hydrogens is 324 g/mol. The van der Waals surface area contributed by atoms with Crippen LogP contribution in [0.15, 0.2) is 42.6 Å². The maximum Gasteiger partial charge on any atom is 0.161 e. The number of rotatable bonds is 5. The van der Waals surface area contributed by atoms with E-state index in [9.17, 15) is 0 Å². The monoisotopic (exact) mass is 350 g/mol. The maximum atomic E-state index is 5.55. The first-order valence-electron chi connectivity index (χ1n) is 9.21. The van der Waals surface area contributed by atoms with Gasteiger partial charge in [0.2, 0.25) is 0 Å². The van der Waals surface area contributed by atoms with Gasteiger partial charge in [0.15, 0.2) is 11.5 Å². The number of H-pyrrole nitrogens is 1. The summed E-state index contributed by atoms with van der Waals surface area (Å²) >= 11 is 0. The largest absolute Gasteiger partial charge is 0.493 e. The lowest BCUT2D eigenvalue weighted by Gasteiger charge is -2.35. The molecule has 4 rings (SSSR count). The average molecular weight is 350 g/mol. The second kappa shape index (κ2) is 7.04. The fourth-order valence-corrected chi connectivity index (χ4v) is 4.16. The summed E-state index contributed by atoms with van der Waals surface area (Å²) in [7, 11) is 5.63. The van der Waals surface area contributed by atoms with Crippen LogP contribution in [0, 0.1) is 0 Å². The van der Waals surface area contributed by atoms with Crippen LogP contribution in [0.25, 0.3) is 10.9 Å². The zero-order valence-corrected chi connectivity index (χ0v) is 15.7. The van der Waals surface area contributed by atoms with E-state index in [-0.39, 0.29) is 0 Å². The molecule has 0 bridgehead atoms. The summed E-state index contributed by atoms with van der Waals surface area (Å²) in [5.41, 5.74) is 5.36. The molecule has 1 aliphatic rings. The molecule has 1 aliphatic heterocycles. The van der Waals surface area contributed by atoms with Gasteiger partial charge < -0.3 is 14.5 Å². The number of benzene rings is 2. The number of para-hydroxylation sites is 1. The highest BCUT2D eigenvalue weighted by atomic mass is 16.5. The van der Waals surface area contributed by atoms with E-state index >= 15 is 0 Å². The maximum absolute atomic E-state index is 5.55. The van der Waals surface area contributed by atoms with Gasteiger partial charge in [-0.15, -0.1) is 0 Å². The van der Waals surface area contributed by atoms with Crippen molar-refractivity contribution in [2.24, 2.45) is 0 Å². The molecule has 0 saturated carbocycles. The molecule has 0 amide bonds. The minimum atomic E-state index is 0.396. The van der Waals surface area contributed by atoms with Gasteiger partial charge in [0.25, 0.3) is 0 Å². The molecule has 0 unspecified atom stereocenters. The molecule has 2 aromatic carbocycles. The van der Waals surface area contributed by atoms with Crippen LogP contribution in [-0.2, 0) is 12.8 Å². The third-order valence-corrected chi connectivity index (χ3v) is 5.63. The van der Waals surface area contributed by atoms with Gasteiger partial charge in [-0.05, 0) is 61.2 Å². The molecule has 4 nitrogen and oxygen atoms in total. The van der Waals surface area contributed by atoms with Gasteiger partial charge in [0.05, 0.1) is 14.2 Å². The zero-order chi connectivity index (χ0) is 18.1. The number of ether oxygens (including phenoxy) is 2. The molecule has 1 atom stereocenters. The van der Waals surface area contributed by atoms with Gasteiger partial charge in [-0.2, -0.15) is 0 Å². The Bertz CT molecular complexity index is 916. The number of fused-ring (bicyclic) bond motifs is 2. The van der Waals surface area contributed by atoms with E-state index in [4.69, 9.17) is 9.47 Å². The van der Waals surface area contributed by atoms with E-state index in [1.54, 1.807) is 14.2 Å². The standard InChI is InChI=1S/C22H26N2O2/c1-24-11-10-15-12-21(25-2)22(26-3)13-18(15)20(24)9-8-16-14-23-19-7-5-4-6-17(16)19/h4-7,12-14,20,23H,8-11H2,1-3H3/t20-/m1/s1. The Morgan fingerprint density at radius 3 is 2.69 bits per heavy atom. The minimum Gasteiger partial charge on any atom is -0.493 e. The van der Waals surface area contributed by atoms with Crippen molar-refractivity contribution >= 4 is 10.9 Å². The van der Waals surface area contributed by atoms with Gasteiger partial charge in [0.1, 0.15) is 0 Å². The number of aromatic amines is 1. The van der Waals surface area contributed by atoms with Crippen molar-refractivity contribution in [3.63, 3.8) is 0 Å². The molecule has 4 heteroatoms. The van der Waals surface area contributed by atoms with Crippen molar-refractivity contribution in [1.29, 1.82) is 0 Å². The normalized spacial score (nSPS) is 17.3. The van der Waals surface area contributed by atoms with E-state index in [0.717, 1.165) is 37.3 Å². The van der Waals surface area contributed by atoms with Crippen LogP contribution in [0.5, 0.6) is 11.5 Å². The Morgan fingerprint density at radius 2 is 1.88 bits per heavy atom. The number of hydrogen-bond donors (Lipinski definition) is 1. The second-order valence-corrected chi connectivity index (χ2v) is 7.05. The Balaban J connectivity index is 1.62. The molecular formula is C22H26N2O2. The number of nitrogens with zero attached hydrogens (tertiary/aromatic N) is 1. The van der Waals surface area contributed by atoms with Crippen LogP contribution >= 0.6 is 0 Å². The molecule has 0 aliphatic carbocycles. The Kier molecular flexibility index (Phi) is 4.60. The quantitative estimate of drug-likeness (QED) is 0.743. The lowest BCUT2D eigenvalue weighted by atomic mass is 9.89. The third-order valence-electron chi connectivity index (χ3n) is 5.63. The molecule has 0 spiro atoms. The second-order valence-electron chi connectivity index (χ2n) is 7.05. The highest BCUT2D eigenvalue weighted by molar-refractivity contribution is 5.83. The van der Waals surface area contributed by atoms with Gasteiger partial charge in [-0.3, -0.25) is 4.90 Å². The number of nitrogens with one attached hydrogen (secondary N) is 1. The topological polar surface area (TPSA) is 37.5 Å². The molecule has 26 heavy (non-hydrogen) atoms. The highest BCUT2D eigenvalue weighted by Crippen LogP contribution is 2.39. The van der Waals surface area contributed by atoms with Crippen LogP contribution in [0.1, 0.15) is 29.2 Å². The Hall–Kier alpha value is -2.46. The first kappa shape index (κ1) is 17.0. The van der Waals surface area contributed by atoms with Crippen LogP contribution in [0.3, 0.4) is 0 Å². The fourth-order valence-electron chi connectivity index (χ4n) is 4.16. The van der Waals surface area contributed by atoms with Crippen LogP contribution in [0.4, 0.5) is 0 Å². The summed E-state index contributed by atoms with van der Waals surface area (Å²) in [4.78, 5) is 5.85. The first-order valence-corrected chi connectivity index (χ1v) is 9.21. The highest BCUT2D eigenvalue weighted by Gasteiger charge is 2.26. The average Bonchev–Trinajstić information content (AvgIpc) is 3.09. The number of likely N-dealkylation sites (N-methyl/N-ethyl adjacent to an activating group) is 1. The zero-order valence-electron chi connectivity index (χ0n) is 15.7. The van der Waals surface area contributed by atoms with Crippen LogP contribution in [-0.4, -0.2) is 37.7 Å². The molecule has 0 radical (unpaired) electrons. The predicted molar refractivity (Wildman–Crippen MR) is 105 cm³/mol. The van der Waals surface area contributed by atoms with E-state index < -0.39 is 0 Å². The molecule has 3 aromatic rings. The molecule has 0 saturated heterocycles. The first-order chi connectivity index (χ1) is 12.7. The third kappa shape index (κ3) is 2.95. The van der Waals surface area contributed by atoms with Crippen molar-refractivity contribution in [1.82, 2.24) is 9.88 Å². The molecule has 2 heterocycles. The van der Waals surface area contributed by atoms with E-state index in [0.29, 0.717) is 6.04 Å². The summed E-state index contributed by atoms with van der Waals surface area (Å²) in [5, 5.41) is 1.33. The summed E-state index contributed by atoms with van der Waals surface area (Å²) in [6.45, 7) is 1.07. The number of hydrogen-bond acceptors (Lipinski definition) is 3. The predicted octanol–water partition coefficient (Wildman–Crippen LogP) is 4.35. The minimum absolute atomic E-state index is 0.396. The lowest BCUT2D eigenvalue weighted by Crippen LogP contribution is -2.32. The Labute approximate surface area is 154 Å². The van der Waals surface area contributed by atoms with Crippen molar-refractivity contribution in [2.75, 3.05) is 27.8 Å². The summed E-state index contributed by atoms with van der Waals surface area (Å²) in [6, 6.07) is 13.2. The van der Waals surface area contributed by atoms with E-state index in [1.807, 2.05) is 0 Å². The molecule has 0 fully saturated rings. The SMILES string of the molecule is COc1cc2c(cc1OC)[C@@H](CCc1c[nH]c3ccccc13)N(C)CC2. The summed E-state index contributed by atoms with van der Waals surface area (Å²) < 4.78 is 11.0. The molecule has 1 N–H and O–H groups in total. The number of aryl methyl sites for hydroxylation is 1. The molecule has 136 valence electrons. The van der Waals surface area contributed by atoms with Crippen molar-refractivity contribution in [2.45, 2.75) is 25.3 Å². The van der Waals surface area contributed by atoms with Crippen molar-refractivity contribution < 1.29 is 9.47 Å². The Morgan fingerprint density at radius 1 is 1.12 bits per heavy atom. The van der Waals surface area contributed by atoms with Crippen LogP contribution in [0.2, 0.25) is 0 Å². The number of aromatic nitrogens is 1. The summed E-state index contributed by atoms with van der Waals surface area (Å²) in [6.07, 6.45) is 5.34. The lowest BCUT2D eigenvalue weighted by molar-refractivity contribution is 0.218. The van der Waals surface area contributed by atoms with E-state index in [2.05, 4.69) is 59.5 Å². The van der Waals surface area contributed by atoms with Crippen molar-refractivity contribution in [3.05, 3.63) is 59.3 Å². The van der Waals surface area contributed by atoms with Crippen molar-refractivity contribution in [3.8, 4) is 11.5 Å². The summed E-state index contributed by atoms with van der Waals surface area (Å²) in [5.74, 6) is 1.64.